The van der Waals surface area contributed by atoms with Crippen LogP contribution in [0.3, 0.4) is 0 Å². The van der Waals surface area contributed by atoms with E-state index in [1.165, 1.54) is 25.6 Å². The molecule has 0 saturated heterocycles. The van der Waals surface area contributed by atoms with Crippen LogP contribution in [-0.2, 0) is 0 Å². The summed E-state index contributed by atoms with van der Waals surface area (Å²) in [4.78, 5) is 3.52. The van der Waals surface area contributed by atoms with E-state index in [1.807, 2.05) is 12.1 Å². The fraction of sp³-hybridized carbons (Fsp3) is 0.750. The van der Waals surface area contributed by atoms with Crippen LogP contribution >= 0.6 is 0 Å². The summed E-state index contributed by atoms with van der Waals surface area (Å²) in [5.74, 6) is 0. The van der Waals surface area contributed by atoms with E-state index in [0.717, 1.165) is 6.54 Å². The third-order valence-electron chi connectivity index (χ3n) is 1.42. The average molecular weight is 155 g/mol. The van der Waals surface area contributed by atoms with E-state index >= 15 is 0 Å². The summed E-state index contributed by atoms with van der Waals surface area (Å²) in [7, 11) is 1.94. The minimum Gasteiger partial charge on any atom is -0.299 e. The summed E-state index contributed by atoms with van der Waals surface area (Å²) >= 11 is 0. The zero-order valence-corrected chi connectivity index (χ0v) is 7.45. The Balaban J connectivity index is 3.28. The SMILES string of the molecule is C=N/C=N\N(C)CCCCC. The molecule has 0 atom stereocenters. The maximum Gasteiger partial charge on any atom is 0.134 e. The Kier molecular flexibility index (Phi) is 6.68. The van der Waals surface area contributed by atoms with E-state index in [-0.39, 0.29) is 0 Å². The molecule has 3 nitrogen and oxygen atoms in total. The first-order valence-corrected chi connectivity index (χ1v) is 4.00. The van der Waals surface area contributed by atoms with Crippen molar-refractivity contribution in [2.75, 3.05) is 13.6 Å². The Morgan fingerprint density at radius 3 is 2.73 bits per heavy atom. The van der Waals surface area contributed by atoms with Crippen molar-refractivity contribution < 1.29 is 0 Å². The average Bonchev–Trinajstić information content (AvgIpc) is 2.01. The minimum atomic E-state index is 1.000. The molecule has 0 aliphatic heterocycles. The fourth-order valence-electron chi connectivity index (χ4n) is 0.773. The smallest absolute Gasteiger partial charge is 0.134 e. The van der Waals surface area contributed by atoms with Crippen molar-refractivity contribution in [3.05, 3.63) is 0 Å². The van der Waals surface area contributed by atoms with E-state index in [0.29, 0.717) is 0 Å². The van der Waals surface area contributed by atoms with Crippen LogP contribution in [0.5, 0.6) is 0 Å². The van der Waals surface area contributed by atoms with E-state index in [9.17, 15) is 0 Å². The van der Waals surface area contributed by atoms with Crippen LogP contribution in [-0.4, -0.2) is 31.7 Å². The lowest BCUT2D eigenvalue weighted by Gasteiger charge is -2.10. The molecule has 0 rings (SSSR count). The van der Waals surface area contributed by atoms with E-state index in [2.05, 4.69) is 23.7 Å². The van der Waals surface area contributed by atoms with Crippen molar-refractivity contribution in [1.82, 2.24) is 5.01 Å². The van der Waals surface area contributed by atoms with Gasteiger partial charge in [0.25, 0.3) is 0 Å². The standard InChI is InChI=1S/C8H17N3/c1-4-5-6-7-11(3)10-8-9-2/h8H,2,4-7H2,1,3H3/b10-8-. The van der Waals surface area contributed by atoms with Crippen LogP contribution < -0.4 is 0 Å². The van der Waals surface area contributed by atoms with Gasteiger partial charge in [0.2, 0.25) is 0 Å². The summed E-state index contributed by atoms with van der Waals surface area (Å²) in [6.45, 7) is 6.49. The maximum absolute atomic E-state index is 3.99. The van der Waals surface area contributed by atoms with Gasteiger partial charge in [-0.2, -0.15) is 5.10 Å². The Hall–Kier alpha value is -0.860. The molecule has 0 aliphatic carbocycles. The number of hydrogen-bond acceptors (Lipinski definition) is 2. The zero-order valence-electron chi connectivity index (χ0n) is 7.45. The lowest BCUT2D eigenvalue weighted by molar-refractivity contribution is 0.345. The number of aliphatic imine (C=N–C) groups is 1. The predicted molar refractivity (Wildman–Crippen MR) is 50.2 cm³/mol. The summed E-state index contributed by atoms with van der Waals surface area (Å²) in [5.41, 5.74) is 0. The second-order valence-corrected chi connectivity index (χ2v) is 2.50. The first kappa shape index (κ1) is 10.1. The van der Waals surface area contributed by atoms with Crippen LogP contribution in [0.2, 0.25) is 0 Å². The molecule has 0 aromatic heterocycles. The molecule has 0 aliphatic rings. The maximum atomic E-state index is 3.99. The molecule has 0 heterocycles. The first-order valence-electron chi connectivity index (χ1n) is 4.00. The topological polar surface area (TPSA) is 28.0 Å². The van der Waals surface area contributed by atoms with Gasteiger partial charge in [-0.25, -0.2) is 0 Å². The summed E-state index contributed by atoms with van der Waals surface area (Å²) in [6, 6.07) is 0. The number of nitrogens with zero attached hydrogens (tertiary/aromatic N) is 3. The van der Waals surface area contributed by atoms with Crippen LogP contribution in [0, 0.1) is 0 Å². The quantitative estimate of drug-likeness (QED) is 0.248. The molecule has 0 amide bonds. The lowest BCUT2D eigenvalue weighted by Crippen LogP contribution is -2.12. The van der Waals surface area contributed by atoms with Gasteiger partial charge in [-0.3, -0.25) is 10.0 Å². The summed E-state index contributed by atoms with van der Waals surface area (Å²) < 4.78 is 0. The molecule has 0 fully saturated rings. The predicted octanol–water partition coefficient (Wildman–Crippen LogP) is 1.75. The lowest BCUT2D eigenvalue weighted by atomic mass is 10.2. The van der Waals surface area contributed by atoms with Gasteiger partial charge in [-0.05, 0) is 13.1 Å². The van der Waals surface area contributed by atoms with Crippen LogP contribution in [0.1, 0.15) is 26.2 Å². The monoisotopic (exact) mass is 155 g/mol. The number of unbranched alkanes of at least 4 members (excludes halogenated alkanes) is 2. The van der Waals surface area contributed by atoms with Gasteiger partial charge in [0, 0.05) is 13.6 Å². The minimum absolute atomic E-state index is 1.000. The second kappa shape index (κ2) is 7.25. The highest BCUT2D eigenvalue weighted by Crippen LogP contribution is 1.95. The molecule has 64 valence electrons. The molecule has 3 heteroatoms. The van der Waals surface area contributed by atoms with Gasteiger partial charge < -0.3 is 0 Å². The molecular weight excluding hydrogens is 138 g/mol. The van der Waals surface area contributed by atoms with Crippen molar-refractivity contribution in [1.29, 1.82) is 0 Å². The zero-order chi connectivity index (χ0) is 8.53. The van der Waals surface area contributed by atoms with Crippen molar-refractivity contribution in [3.8, 4) is 0 Å². The van der Waals surface area contributed by atoms with Crippen molar-refractivity contribution in [3.63, 3.8) is 0 Å². The Labute approximate surface area is 68.8 Å². The number of hydrogen-bond donors (Lipinski definition) is 0. The molecule has 11 heavy (non-hydrogen) atoms. The summed E-state index contributed by atoms with van der Waals surface area (Å²) in [6.07, 6.45) is 5.17. The molecule has 0 N–H and O–H groups in total. The van der Waals surface area contributed by atoms with Crippen molar-refractivity contribution >= 4 is 13.1 Å². The van der Waals surface area contributed by atoms with Gasteiger partial charge in [0.15, 0.2) is 0 Å². The summed E-state index contributed by atoms with van der Waals surface area (Å²) in [5, 5.41) is 5.87. The van der Waals surface area contributed by atoms with Gasteiger partial charge in [-0.15, -0.1) is 0 Å². The number of rotatable bonds is 6. The Bertz CT molecular complexity index is 121. The molecule has 0 aromatic carbocycles. The molecule has 0 radical (unpaired) electrons. The molecule has 0 aromatic rings. The first-order chi connectivity index (χ1) is 5.31. The molecular formula is C8H17N3. The Morgan fingerprint density at radius 1 is 1.45 bits per heavy atom. The second-order valence-electron chi connectivity index (χ2n) is 2.50. The fourth-order valence-corrected chi connectivity index (χ4v) is 0.773. The van der Waals surface area contributed by atoms with E-state index < -0.39 is 0 Å². The molecule has 0 unspecified atom stereocenters. The molecule has 0 bridgehead atoms. The normalized spacial score (nSPS) is 10.4. The molecule has 0 spiro atoms. The van der Waals surface area contributed by atoms with Crippen molar-refractivity contribution in [2.45, 2.75) is 26.2 Å². The van der Waals surface area contributed by atoms with Crippen molar-refractivity contribution in [2.24, 2.45) is 10.1 Å². The third-order valence-corrected chi connectivity index (χ3v) is 1.42. The van der Waals surface area contributed by atoms with Gasteiger partial charge in [0.1, 0.15) is 6.34 Å². The van der Waals surface area contributed by atoms with Crippen LogP contribution in [0.4, 0.5) is 0 Å². The van der Waals surface area contributed by atoms with Gasteiger partial charge in [0.05, 0.1) is 0 Å². The van der Waals surface area contributed by atoms with E-state index in [1.54, 1.807) is 0 Å². The largest absolute Gasteiger partial charge is 0.299 e. The third kappa shape index (κ3) is 7.03. The highest BCUT2D eigenvalue weighted by molar-refractivity contribution is 5.61. The van der Waals surface area contributed by atoms with Gasteiger partial charge >= 0.3 is 0 Å². The van der Waals surface area contributed by atoms with Gasteiger partial charge in [-0.1, -0.05) is 19.8 Å². The molecule has 0 saturated carbocycles. The Morgan fingerprint density at radius 2 is 2.18 bits per heavy atom. The highest BCUT2D eigenvalue weighted by atomic mass is 15.4. The number of hydrazone groups is 1. The van der Waals surface area contributed by atoms with E-state index in [4.69, 9.17) is 0 Å². The highest BCUT2D eigenvalue weighted by Gasteiger charge is 1.89. The van der Waals surface area contributed by atoms with Crippen LogP contribution in [0.25, 0.3) is 0 Å². The van der Waals surface area contributed by atoms with Crippen LogP contribution in [0.15, 0.2) is 10.1 Å².